The molecule has 0 aliphatic carbocycles. The number of benzene rings is 1. The molecule has 1 rings (SSSR count). The number of rotatable bonds is 9. The molecule has 4 nitrogen and oxygen atoms in total. The average Bonchev–Trinajstić information content (AvgIpc) is 2.50. The molecule has 0 amide bonds. The molecule has 0 aliphatic heterocycles. The van der Waals surface area contributed by atoms with Gasteiger partial charge in [0.15, 0.2) is 0 Å². The van der Waals surface area contributed by atoms with Crippen LogP contribution in [-0.2, 0) is 10.0 Å². The number of unbranched alkanes of at least 4 members (excludes halogenated alkanes) is 1. The van der Waals surface area contributed by atoms with E-state index in [1.165, 1.54) is 0 Å². The number of sulfonamides is 1. The number of hydrogen-bond acceptors (Lipinski definition) is 3. The van der Waals surface area contributed by atoms with Crippen molar-refractivity contribution in [1.82, 2.24) is 4.72 Å². The highest BCUT2D eigenvalue weighted by Crippen LogP contribution is 2.26. The van der Waals surface area contributed by atoms with Gasteiger partial charge in [-0.25, -0.2) is 13.1 Å². The standard InChI is InChI=1S/C17H29NO3S/c1-6-8-9-15(7-2)12-18-22(19,20)17-11-10-16(21-5)13(3)14(17)4/h10-11,15,18H,6-9,12H2,1-5H3/t15-/m1/s1. The first kappa shape index (κ1) is 19.0. The van der Waals surface area contributed by atoms with E-state index in [1.54, 1.807) is 19.2 Å². The Morgan fingerprint density at radius 1 is 1.18 bits per heavy atom. The van der Waals surface area contributed by atoms with Crippen LogP contribution >= 0.6 is 0 Å². The van der Waals surface area contributed by atoms with Gasteiger partial charge in [0.1, 0.15) is 5.75 Å². The summed E-state index contributed by atoms with van der Waals surface area (Å²) >= 11 is 0. The summed E-state index contributed by atoms with van der Waals surface area (Å²) in [6.07, 6.45) is 4.33. The number of ether oxygens (including phenoxy) is 1. The van der Waals surface area contributed by atoms with Gasteiger partial charge in [0.2, 0.25) is 10.0 Å². The van der Waals surface area contributed by atoms with E-state index in [9.17, 15) is 8.42 Å². The van der Waals surface area contributed by atoms with Crippen LogP contribution in [0.5, 0.6) is 5.75 Å². The largest absolute Gasteiger partial charge is 0.496 e. The van der Waals surface area contributed by atoms with Crippen molar-refractivity contribution in [2.45, 2.75) is 58.3 Å². The molecule has 0 aliphatic rings. The Morgan fingerprint density at radius 2 is 1.86 bits per heavy atom. The SMILES string of the molecule is CCCC[C@@H](CC)CNS(=O)(=O)c1ccc(OC)c(C)c1C. The van der Waals surface area contributed by atoms with E-state index in [0.29, 0.717) is 23.1 Å². The molecule has 1 aromatic carbocycles. The van der Waals surface area contributed by atoms with Gasteiger partial charge >= 0.3 is 0 Å². The van der Waals surface area contributed by atoms with Crippen molar-refractivity contribution in [2.75, 3.05) is 13.7 Å². The summed E-state index contributed by atoms with van der Waals surface area (Å²) in [4.78, 5) is 0.344. The fraction of sp³-hybridized carbons (Fsp3) is 0.647. The molecule has 0 heterocycles. The molecular weight excluding hydrogens is 298 g/mol. The molecule has 1 atom stereocenters. The maximum atomic E-state index is 12.5. The van der Waals surface area contributed by atoms with Gasteiger partial charge < -0.3 is 4.74 Å². The van der Waals surface area contributed by atoms with E-state index in [-0.39, 0.29) is 0 Å². The van der Waals surface area contributed by atoms with Gasteiger partial charge in [0.25, 0.3) is 0 Å². The summed E-state index contributed by atoms with van der Waals surface area (Å²) in [5.41, 5.74) is 1.61. The molecule has 1 aromatic rings. The van der Waals surface area contributed by atoms with Crippen molar-refractivity contribution in [1.29, 1.82) is 0 Å². The van der Waals surface area contributed by atoms with Crippen molar-refractivity contribution in [3.05, 3.63) is 23.3 Å². The predicted octanol–water partition coefficient (Wildman–Crippen LogP) is 3.81. The fourth-order valence-electron chi connectivity index (χ4n) is 2.53. The highest BCUT2D eigenvalue weighted by Gasteiger charge is 2.20. The van der Waals surface area contributed by atoms with Crippen LogP contribution in [0.4, 0.5) is 0 Å². The first-order valence-electron chi connectivity index (χ1n) is 8.01. The van der Waals surface area contributed by atoms with Crippen molar-refractivity contribution in [2.24, 2.45) is 5.92 Å². The molecule has 0 fully saturated rings. The van der Waals surface area contributed by atoms with Crippen LogP contribution in [0, 0.1) is 19.8 Å². The van der Waals surface area contributed by atoms with Crippen LogP contribution in [0.2, 0.25) is 0 Å². The van der Waals surface area contributed by atoms with Crippen molar-refractivity contribution in [3.63, 3.8) is 0 Å². The Kier molecular flexibility index (Phi) is 7.36. The number of nitrogens with one attached hydrogen (secondary N) is 1. The molecule has 22 heavy (non-hydrogen) atoms. The lowest BCUT2D eigenvalue weighted by molar-refractivity contribution is 0.410. The van der Waals surface area contributed by atoms with Crippen LogP contribution in [-0.4, -0.2) is 22.1 Å². The lowest BCUT2D eigenvalue weighted by atomic mass is 10.00. The van der Waals surface area contributed by atoms with Crippen LogP contribution in [0.25, 0.3) is 0 Å². The molecule has 0 bridgehead atoms. The topological polar surface area (TPSA) is 55.4 Å². The molecule has 0 radical (unpaired) electrons. The van der Waals surface area contributed by atoms with Gasteiger partial charge in [-0.05, 0) is 49.4 Å². The fourth-order valence-corrected chi connectivity index (χ4v) is 3.95. The van der Waals surface area contributed by atoms with Gasteiger partial charge in [-0.2, -0.15) is 0 Å². The summed E-state index contributed by atoms with van der Waals surface area (Å²) in [5.74, 6) is 1.11. The normalized spacial score (nSPS) is 13.1. The average molecular weight is 327 g/mol. The van der Waals surface area contributed by atoms with E-state index in [0.717, 1.165) is 36.8 Å². The van der Waals surface area contributed by atoms with E-state index in [1.807, 2.05) is 13.8 Å². The monoisotopic (exact) mass is 327 g/mol. The minimum Gasteiger partial charge on any atom is -0.496 e. The second kappa shape index (κ2) is 8.53. The van der Waals surface area contributed by atoms with Gasteiger partial charge in [-0.1, -0.05) is 33.1 Å². The molecule has 126 valence electrons. The third-order valence-corrected chi connectivity index (χ3v) is 5.87. The second-order valence-corrected chi connectivity index (χ2v) is 7.52. The third-order valence-electron chi connectivity index (χ3n) is 4.30. The lowest BCUT2D eigenvalue weighted by Crippen LogP contribution is -2.30. The minimum atomic E-state index is -3.47. The zero-order valence-electron chi connectivity index (χ0n) is 14.4. The van der Waals surface area contributed by atoms with Gasteiger partial charge in [0.05, 0.1) is 12.0 Å². The van der Waals surface area contributed by atoms with Crippen LogP contribution < -0.4 is 9.46 Å². The zero-order valence-corrected chi connectivity index (χ0v) is 15.2. The molecule has 0 aromatic heterocycles. The summed E-state index contributed by atoms with van der Waals surface area (Å²) < 4.78 is 33.1. The first-order chi connectivity index (χ1) is 10.4. The molecule has 0 spiro atoms. The Bertz CT molecular complexity index is 582. The maximum Gasteiger partial charge on any atom is 0.240 e. The second-order valence-electron chi connectivity index (χ2n) is 5.78. The van der Waals surface area contributed by atoms with E-state index in [2.05, 4.69) is 18.6 Å². The summed E-state index contributed by atoms with van der Waals surface area (Å²) in [6, 6.07) is 3.34. The van der Waals surface area contributed by atoms with Gasteiger partial charge in [-0.3, -0.25) is 0 Å². The Balaban J connectivity index is 2.89. The van der Waals surface area contributed by atoms with E-state index >= 15 is 0 Å². The molecular formula is C17H29NO3S. The summed E-state index contributed by atoms with van der Waals surface area (Å²) in [7, 11) is -1.88. The van der Waals surface area contributed by atoms with Crippen LogP contribution in [0.15, 0.2) is 17.0 Å². The number of methoxy groups -OCH3 is 1. The first-order valence-corrected chi connectivity index (χ1v) is 9.49. The van der Waals surface area contributed by atoms with E-state index < -0.39 is 10.0 Å². The summed E-state index contributed by atoms with van der Waals surface area (Å²) in [5, 5.41) is 0. The Labute approximate surface area is 135 Å². The number of hydrogen-bond donors (Lipinski definition) is 1. The van der Waals surface area contributed by atoms with Gasteiger partial charge in [-0.15, -0.1) is 0 Å². The van der Waals surface area contributed by atoms with Crippen LogP contribution in [0.1, 0.15) is 50.7 Å². The zero-order chi connectivity index (χ0) is 16.8. The van der Waals surface area contributed by atoms with E-state index in [4.69, 9.17) is 4.74 Å². The molecule has 5 heteroatoms. The molecule has 0 saturated carbocycles. The summed E-state index contributed by atoms with van der Waals surface area (Å²) in [6.45, 7) is 8.46. The molecule has 1 N–H and O–H groups in total. The Morgan fingerprint density at radius 3 is 2.41 bits per heavy atom. The van der Waals surface area contributed by atoms with Crippen LogP contribution in [0.3, 0.4) is 0 Å². The third kappa shape index (κ3) is 4.71. The minimum absolute atomic E-state index is 0.344. The predicted molar refractivity (Wildman–Crippen MR) is 91.0 cm³/mol. The smallest absolute Gasteiger partial charge is 0.240 e. The quantitative estimate of drug-likeness (QED) is 0.750. The Hall–Kier alpha value is -1.07. The van der Waals surface area contributed by atoms with Crippen molar-refractivity contribution in [3.8, 4) is 5.75 Å². The molecule has 0 unspecified atom stereocenters. The van der Waals surface area contributed by atoms with Crippen molar-refractivity contribution < 1.29 is 13.2 Å². The highest BCUT2D eigenvalue weighted by molar-refractivity contribution is 7.89. The lowest BCUT2D eigenvalue weighted by Gasteiger charge is -2.17. The maximum absolute atomic E-state index is 12.5. The van der Waals surface area contributed by atoms with Gasteiger partial charge in [0, 0.05) is 6.54 Å². The molecule has 0 saturated heterocycles. The highest BCUT2D eigenvalue weighted by atomic mass is 32.2. The van der Waals surface area contributed by atoms with Crippen molar-refractivity contribution >= 4 is 10.0 Å².